The summed E-state index contributed by atoms with van der Waals surface area (Å²) < 4.78 is 5.29. The van der Waals surface area contributed by atoms with E-state index in [1.807, 2.05) is 32.0 Å². The van der Waals surface area contributed by atoms with Crippen molar-refractivity contribution in [1.29, 1.82) is 0 Å². The number of ether oxygens (including phenoxy) is 1. The number of fused-ring (bicyclic) bond motifs is 1. The third kappa shape index (κ3) is 4.46. The fourth-order valence-electron chi connectivity index (χ4n) is 2.61. The Bertz CT molecular complexity index is 1050. The molecule has 1 unspecified atom stereocenters. The van der Waals surface area contributed by atoms with Gasteiger partial charge in [0.05, 0.1) is 28.0 Å². The van der Waals surface area contributed by atoms with Crippen molar-refractivity contribution in [3.05, 3.63) is 70.0 Å². The minimum atomic E-state index is -0.948. The van der Waals surface area contributed by atoms with Gasteiger partial charge in [0.25, 0.3) is 5.91 Å². The number of esters is 1. The van der Waals surface area contributed by atoms with Crippen LogP contribution in [0.5, 0.6) is 0 Å². The Morgan fingerprint density at radius 1 is 1.07 bits per heavy atom. The van der Waals surface area contributed by atoms with Crippen LogP contribution in [-0.4, -0.2) is 27.9 Å². The quantitative estimate of drug-likeness (QED) is 0.663. The van der Waals surface area contributed by atoms with Crippen molar-refractivity contribution in [1.82, 2.24) is 15.3 Å². The van der Waals surface area contributed by atoms with Gasteiger partial charge in [0.15, 0.2) is 6.10 Å². The third-order valence-corrected chi connectivity index (χ3v) is 4.74. The van der Waals surface area contributed by atoms with E-state index in [0.29, 0.717) is 21.6 Å². The van der Waals surface area contributed by atoms with Crippen LogP contribution in [0.25, 0.3) is 11.0 Å². The van der Waals surface area contributed by atoms with Crippen LogP contribution < -0.4 is 5.32 Å². The van der Waals surface area contributed by atoms with Gasteiger partial charge in [0.2, 0.25) is 0 Å². The molecule has 0 radical (unpaired) electrons. The van der Waals surface area contributed by atoms with Crippen LogP contribution in [0.3, 0.4) is 0 Å². The Labute approximate surface area is 167 Å². The Balaban J connectivity index is 1.64. The van der Waals surface area contributed by atoms with Gasteiger partial charge in [-0.2, -0.15) is 0 Å². The monoisotopic (exact) mass is 397 g/mol. The van der Waals surface area contributed by atoms with Crippen LogP contribution in [-0.2, 0) is 16.1 Å². The smallest absolute Gasteiger partial charge is 0.338 e. The van der Waals surface area contributed by atoms with Crippen molar-refractivity contribution in [3.63, 3.8) is 0 Å². The molecule has 2 aromatic carbocycles. The van der Waals surface area contributed by atoms with Gasteiger partial charge >= 0.3 is 5.97 Å². The molecule has 3 aromatic rings. The van der Waals surface area contributed by atoms with Gasteiger partial charge in [-0.15, -0.1) is 0 Å². The van der Waals surface area contributed by atoms with Crippen molar-refractivity contribution in [2.24, 2.45) is 0 Å². The summed E-state index contributed by atoms with van der Waals surface area (Å²) in [7, 11) is 0. The minimum Gasteiger partial charge on any atom is -0.449 e. The average Bonchev–Trinajstić information content (AvgIpc) is 2.67. The topological polar surface area (TPSA) is 81.2 Å². The van der Waals surface area contributed by atoms with Gasteiger partial charge in [-0.25, -0.2) is 14.8 Å². The standard InChI is InChI=1S/C21H20ClN3O3/c1-12-13(2)25-19-10-15(8-9-18(19)24-12)21(27)28-14(3)20(26)23-11-16-6-4-5-7-17(16)22/h4-10,14H,11H2,1-3H3,(H,23,26). The Kier molecular flexibility index (Phi) is 5.90. The molecular weight excluding hydrogens is 378 g/mol. The molecule has 0 aliphatic heterocycles. The highest BCUT2D eigenvalue weighted by molar-refractivity contribution is 6.31. The number of hydrogen-bond donors (Lipinski definition) is 1. The van der Waals surface area contributed by atoms with Gasteiger partial charge in [-0.1, -0.05) is 29.8 Å². The summed E-state index contributed by atoms with van der Waals surface area (Å²) in [5, 5.41) is 3.28. The lowest BCUT2D eigenvalue weighted by Gasteiger charge is -2.14. The molecule has 0 saturated heterocycles. The van der Waals surface area contributed by atoms with E-state index in [4.69, 9.17) is 16.3 Å². The summed E-state index contributed by atoms with van der Waals surface area (Å²) in [6, 6.07) is 12.2. The van der Waals surface area contributed by atoms with Crippen molar-refractivity contribution in [2.45, 2.75) is 33.4 Å². The Morgan fingerprint density at radius 2 is 1.75 bits per heavy atom. The van der Waals surface area contributed by atoms with E-state index in [2.05, 4.69) is 15.3 Å². The lowest BCUT2D eigenvalue weighted by atomic mass is 10.2. The second kappa shape index (κ2) is 8.35. The van der Waals surface area contributed by atoms with Gasteiger partial charge in [0, 0.05) is 11.6 Å². The predicted molar refractivity (Wildman–Crippen MR) is 107 cm³/mol. The van der Waals surface area contributed by atoms with Crippen molar-refractivity contribution >= 4 is 34.5 Å². The molecule has 28 heavy (non-hydrogen) atoms. The van der Waals surface area contributed by atoms with E-state index >= 15 is 0 Å². The number of aromatic nitrogens is 2. The SMILES string of the molecule is Cc1nc2ccc(C(=O)OC(C)C(=O)NCc3ccccc3Cl)cc2nc1C. The number of benzene rings is 2. The highest BCUT2D eigenvalue weighted by Gasteiger charge is 2.19. The van der Waals surface area contributed by atoms with Crippen LogP contribution in [0.15, 0.2) is 42.5 Å². The second-order valence-corrected chi connectivity index (χ2v) is 6.86. The molecule has 1 aromatic heterocycles. The highest BCUT2D eigenvalue weighted by atomic mass is 35.5. The molecule has 0 spiro atoms. The van der Waals surface area contributed by atoms with Crippen molar-refractivity contribution in [3.8, 4) is 0 Å². The molecule has 1 heterocycles. The lowest BCUT2D eigenvalue weighted by molar-refractivity contribution is -0.129. The first-order valence-electron chi connectivity index (χ1n) is 8.82. The Hall–Kier alpha value is -2.99. The maximum absolute atomic E-state index is 12.4. The number of rotatable bonds is 5. The first-order chi connectivity index (χ1) is 13.3. The largest absolute Gasteiger partial charge is 0.449 e. The molecule has 0 saturated carbocycles. The van der Waals surface area contributed by atoms with Gasteiger partial charge in [-0.05, 0) is 50.6 Å². The van der Waals surface area contributed by atoms with Crippen LogP contribution in [0.4, 0.5) is 0 Å². The number of amides is 1. The van der Waals surface area contributed by atoms with Gasteiger partial charge < -0.3 is 10.1 Å². The van der Waals surface area contributed by atoms with E-state index < -0.39 is 18.0 Å². The minimum absolute atomic E-state index is 0.255. The molecule has 3 rings (SSSR count). The summed E-state index contributed by atoms with van der Waals surface area (Å²) >= 11 is 6.07. The zero-order chi connectivity index (χ0) is 20.3. The van der Waals surface area contributed by atoms with E-state index in [9.17, 15) is 9.59 Å². The molecule has 7 heteroatoms. The second-order valence-electron chi connectivity index (χ2n) is 6.45. The number of halogens is 1. The van der Waals surface area contributed by atoms with Crippen LogP contribution in [0.1, 0.15) is 34.2 Å². The maximum atomic E-state index is 12.4. The van der Waals surface area contributed by atoms with Gasteiger partial charge in [0.1, 0.15) is 0 Å². The highest BCUT2D eigenvalue weighted by Crippen LogP contribution is 2.16. The first-order valence-corrected chi connectivity index (χ1v) is 9.20. The summed E-state index contributed by atoms with van der Waals surface area (Å²) in [5.74, 6) is -0.998. The number of hydrogen-bond acceptors (Lipinski definition) is 5. The maximum Gasteiger partial charge on any atom is 0.338 e. The predicted octanol–water partition coefficient (Wildman–Crippen LogP) is 3.76. The number of carbonyl (C=O) groups is 2. The van der Waals surface area contributed by atoms with E-state index in [-0.39, 0.29) is 6.54 Å². The molecule has 144 valence electrons. The Morgan fingerprint density at radius 3 is 2.46 bits per heavy atom. The molecule has 0 aliphatic carbocycles. The molecule has 0 fully saturated rings. The summed E-state index contributed by atoms with van der Waals surface area (Å²) in [6.07, 6.45) is -0.948. The van der Waals surface area contributed by atoms with E-state index in [1.165, 1.54) is 6.92 Å². The molecule has 1 N–H and O–H groups in total. The van der Waals surface area contributed by atoms with Crippen LogP contribution in [0, 0.1) is 13.8 Å². The molecule has 0 bridgehead atoms. The fourth-order valence-corrected chi connectivity index (χ4v) is 2.81. The number of nitrogens with one attached hydrogen (secondary N) is 1. The summed E-state index contributed by atoms with van der Waals surface area (Å²) in [5.41, 5.74) is 4.04. The average molecular weight is 398 g/mol. The third-order valence-electron chi connectivity index (χ3n) is 4.37. The number of nitrogens with zero attached hydrogens (tertiary/aromatic N) is 2. The lowest BCUT2D eigenvalue weighted by Crippen LogP contribution is -2.35. The molecule has 6 nitrogen and oxygen atoms in total. The van der Waals surface area contributed by atoms with E-state index in [1.54, 1.807) is 24.3 Å². The number of aryl methyl sites for hydroxylation is 2. The summed E-state index contributed by atoms with van der Waals surface area (Å²) in [6.45, 7) is 5.52. The first kappa shape index (κ1) is 19.8. The van der Waals surface area contributed by atoms with Gasteiger partial charge in [-0.3, -0.25) is 4.79 Å². The fraction of sp³-hybridized carbons (Fsp3) is 0.238. The summed E-state index contributed by atoms with van der Waals surface area (Å²) in [4.78, 5) is 33.5. The van der Waals surface area contributed by atoms with Crippen LogP contribution >= 0.6 is 11.6 Å². The van der Waals surface area contributed by atoms with E-state index in [0.717, 1.165) is 17.0 Å². The zero-order valence-corrected chi connectivity index (χ0v) is 16.6. The molecule has 0 aliphatic rings. The zero-order valence-electron chi connectivity index (χ0n) is 15.8. The molecule has 1 atom stereocenters. The van der Waals surface area contributed by atoms with Crippen molar-refractivity contribution < 1.29 is 14.3 Å². The van der Waals surface area contributed by atoms with Crippen molar-refractivity contribution in [2.75, 3.05) is 0 Å². The number of carbonyl (C=O) groups excluding carboxylic acids is 2. The van der Waals surface area contributed by atoms with Crippen LogP contribution in [0.2, 0.25) is 5.02 Å². The molecular formula is C21H20ClN3O3. The normalized spacial score (nSPS) is 11.9. The molecule has 1 amide bonds.